The summed E-state index contributed by atoms with van der Waals surface area (Å²) < 4.78 is 49.4. The van der Waals surface area contributed by atoms with Crippen molar-refractivity contribution in [2.75, 3.05) is 18.5 Å². The zero-order valence-electron chi connectivity index (χ0n) is 19.3. The first-order valence-electron chi connectivity index (χ1n) is 11.0. The van der Waals surface area contributed by atoms with Crippen LogP contribution in [-0.2, 0) is 20.5 Å². The van der Waals surface area contributed by atoms with Crippen LogP contribution in [0.1, 0.15) is 31.0 Å². The van der Waals surface area contributed by atoms with E-state index in [0.29, 0.717) is 17.0 Å². The number of halogens is 3. The van der Waals surface area contributed by atoms with Crippen LogP contribution in [0.4, 0.5) is 18.9 Å². The van der Waals surface area contributed by atoms with Crippen LogP contribution in [0, 0.1) is 0 Å². The SMILES string of the molecule is CCOC(=O)C1=C(C)N=C2SC=CN2[C@@H]1c1ccc(OCC(=O)Nc2cccc(C(F)(F)F)c2)cc1. The van der Waals surface area contributed by atoms with Crippen molar-refractivity contribution in [1.29, 1.82) is 0 Å². The molecular formula is C25H22F3N3O4S. The van der Waals surface area contributed by atoms with E-state index in [1.54, 1.807) is 38.1 Å². The number of carbonyl (C=O) groups is 2. The molecule has 0 radical (unpaired) electrons. The first kappa shape index (κ1) is 25.4. The Kier molecular flexibility index (Phi) is 7.39. The van der Waals surface area contributed by atoms with E-state index in [1.807, 2.05) is 16.5 Å². The second-order valence-corrected chi connectivity index (χ2v) is 8.68. The van der Waals surface area contributed by atoms with Crippen molar-refractivity contribution in [3.8, 4) is 5.75 Å². The average molecular weight is 518 g/mol. The highest BCUT2D eigenvalue weighted by molar-refractivity contribution is 8.16. The molecule has 188 valence electrons. The van der Waals surface area contributed by atoms with E-state index >= 15 is 0 Å². The van der Waals surface area contributed by atoms with Gasteiger partial charge in [0.05, 0.1) is 29.5 Å². The minimum absolute atomic E-state index is 0.0220. The van der Waals surface area contributed by atoms with E-state index in [4.69, 9.17) is 9.47 Å². The molecule has 2 aliphatic heterocycles. The van der Waals surface area contributed by atoms with Crippen molar-refractivity contribution in [3.05, 3.63) is 82.5 Å². The van der Waals surface area contributed by atoms with Crippen molar-refractivity contribution in [1.82, 2.24) is 4.90 Å². The Morgan fingerprint density at radius 1 is 1.17 bits per heavy atom. The summed E-state index contributed by atoms with van der Waals surface area (Å²) in [6.07, 6.45) is -2.66. The number of ether oxygens (including phenoxy) is 2. The van der Waals surface area contributed by atoms with E-state index < -0.39 is 36.3 Å². The predicted octanol–water partition coefficient (Wildman–Crippen LogP) is 5.49. The molecule has 36 heavy (non-hydrogen) atoms. The summed E-state index contributed by atoms with van der Waals surface area (Å²) in [6.45, 7) is 3.34. The summed E-state index contributed by atoms with van der Waals surface area (Å²) in [7, 11) is 0. The third kappa shape index (κ3) is 5.56. The van der Waals surface area contributed by atoms with Gasteiger partial charge in [-0.05, 0) is 55.2 Å². The van der Waals surface area contributed by atoms with Crippen LogP contribution in [-0.4, -0.2) is 35.2 Å². The number of thioether (sulfide) groups is 1. The number of carbonyl (C=O) groups excluding carboxylic acids is 2. The molecule has 0 unspecified atom stereocenters. The largest absolute Gasteiger partial charge is 0.484 e. The predicted molar refractivity (Wildman–Crippen MR) is 130 cm³/mol. The first-order chi connectivity index (χ1) is 17.2. The Bertz CT molecular complexity index is 1260. The lowest BCUT2D eigenvalue weighted by Crippen LogP contribution is -2.34. The van der Waals surface area contributed by atoms with Crippen molar-refractivity contribution >= 4 is 34.5 Å². The van der Waals surface area contributed by atoms with Gasteiger partial charge in [-0.25, -0.2) is 9.79 Å². The monoisotopic (exact) mass is 517 g/mol. The van der Waals surface area contributed by atoms with E-state index in [1.165, 1.54) is 23.9 Å². The fourth-order valence-electron chi connectivity index (χ4n) is 3.76. The number of alkyl halides is 3. The van der Waals surface area contributed by atoms with E-state index in [9.17, 15) is 22.8 Å². The maximum Gasteiger partial charge on any atom is 0.416 e. The van der Waals surface area contributed by atoms with Crippen LogP contribution in [0.3, 0.4) is 0 Å². The topological polar surface area (TPSA) is 80.2 Å². The minimum Gasteiger partial charge on any atom is -0.484 e. The standard InChI is InChI=1S/C25H22F3N3O4S/c1-3-34-23(33)21-15(2)29-24-31(11-12-36-24)22(21)16-7-9-19(10-8-16)35-14-20(32)30-18-6-4-5-17(13-18)25(26,27)28/h4-13,22H,3,14H2,1-2H3,(H,30,32)/t22-/m1/s1. The molecule has 0 aliphatic carbocycles. The minimum atomic E-state index is -4.51. The van der Waals surface area contributed by atoms with Crippen LogP contribution in [0.15, 0.2) is 76.4 Å². The van der Waals surface area contributed by atoms with Crippen LogP contribution in [0.5, 0.6) is 5.75 Å². The molecule has 0 aromatic heterocycles. The third-order valence-corrected chi connectivity index (χ3v) is 6.13. The van der Waals surface area contributed by atoms with Crippen LogP contribution >= 0.6 is 11.8 Å². The van der Waals surface area contributed by atoms with Gasteiger partial charge in [0, 0.05) is 11.9 Å². The van der Waals surface area contributed by atoms with Gasteiger partial charge >= 0.3 is 12.1 Å². The molecule has 0 spiro atoms. The van der Waals surface area contributed by atoms with Crippen LogP contribution in [0.25, 0.3) is 0 Å². The number of amidine groups is 1. The number of nitrogens with zero attached hydrogens (tertiary/aromatic N) is 2. The molecule has 4 rings (SSSR count). The number of fused-ring (bicyclic) bond motifs is 1. The summed E-state index contributed by atoms with van der Waals surface area (Å²) in [5.74, 6) is -0.666. The van der Waals surface area contributed by atoms with Crippen LogP contribution in [0.2, 0.25) is 0 Å². The Hall–Kier alpha value is -3.73. The molecule has 11 heteroatoms. The average Bonchev–Trinajstić information content (AvgIpc) is 3.30. The van der Waals surface area contributed by atoms with Crippen LogP contribution < -0.4 is 10.1 Å². The third-order valence-electron chi connectivity index (χ3n) is 5.36. The number of esters is 1. The summed E-state index contributed by atoms with van der Waals surface area (Å²) in [5.41, 5.74) is 0.964. The molecule has 2 heterocycles. The Morgan fingerprint density at radius 3 is 2.61 bits per heavy atom. The summed E-state index contributed by atoms with van der Waals surface area (Å²) >= 11 is 1.45. The van der Waals surface area contributed by atoms with E-state index in [0.717, 1.165) is 22.9 Å². The fourth-order valence-corrected chi connectivity index (χ4v) is 4.56. The molecule has 1 atom stereocenters. The summed E-state index contributed by atoms with van der Waals surface area (Å²) in [6, 6.07) is 10.8. The number of aliphatic imine (C=N–C) groups is 1. The highest BCUT2D eigenvalue weighted by Crippen LogP contribution is 2.41. The van der Waals surface area contributed by atoms with Crippen molar-refractivity contribution < 1.29 is 32.2 Å². The molecule has 2 aromatic carbocycles. The summed E-state index contributed by atoms with van der Waals surface area (Å²) in [4.78, 5) is 31.3. The maximum absolute atomic E-state index is 12.9. The second kappa shape index (κ2) is 10.5. The normalized spacial score (nSPS) is 17.0. The van der Waals surface area contributed by atoms with Gasteiger partial charge in [-0.15, -0.1) is 0 Å². The van der Waals surface area contributed by atoms with Gasteiger partial charge in [-0.3, -0.25) is 4.79 Å². The van der Waals surface area contributed by atoms with Crippen molar-refractivity contribution in [2.45, 2.75) is 26.1 Å². The highest BCUT2D eigenvalue weighted by Gasteiger charge is 2.37. The molecule has 7 nitrogen and oxygen atoms in total. The fraction of sp³-hybridized carbons (Fsp3) is 0.240. The number of amides is 1. The van der Waals surface area contributed by atoms with Gasteiger partial charge in [0.2, 0.25) is 0 Å². The lowest BCUT2D eigenvalue weighted by Gasteiger charge is -2.33. The Labute approximate surface area is 209 Å². The Balaban J connectivity index is 1.44. The molecule has 2 aliphatic rings. The lowest BCUT2D eigenvalue weighted by molar-refractivity contribution is -0.139. The number of hydrogen-bond donors (Lipinski definition) is 1. The number of hydrogen-bond acceptors (Lipinski definition) is 7. The van der Waals surface area contributed by atoms with Gasteiger partial charge in [0.25, 0.3) is 5.91 Å². The van der Waals surface area contributed by atoms with Gasteiger partial charge < -0.3 is 19.7 Å². The van der Waals surface area contributed by atoms with Gasteiger partial charge in [-0.1, -0.05) is 30.0 Å². The molecule has 2 aromatic rings. The highest BCUT2D eigenvalue weighted by atomic mass is 32.2. The van der Waals surface area contributed by atoms with E-state index in [2.05, 4.69) is 10.3 Å². The van der Waals surface area contributed by atoms with Crippen molar-refractivity contribution in [2.24, 2.45) is 4.99 Å². The quantitative estimate of drug-likeness (QED) is 0.490. The smallest absolute Gasteiger partial charge is 0.416 e. The zero-order chi connectivity index (χ0) is 25.9. The summed E-state index contributed by atoms with van der Waals surface area (Å²) in [5, 5.41) is 5.03. The molecule has 0 saturated carbocycles. The number of anilines is 1. The van der Waals surface area contributed by atoms with Gasteiger partial charge in [0.15, 0.2) is 11.8 Å². The number of nitrogens with one attached hydrogen (secondary N) is 1. The molecule has 0 saturated heterocycles. The molecular weight excluding hydrogens is 495 g/mol. The first-order valence-corrected chi connectivity index (χ1v) is 11.8. The van der Waals surface area contributed by atoms with E-state index in [-0.39, 0.29) is 12.3 Å². The lowest BCUT2D eigenvalue weighted by atomic mass is 9.95. The number of benzene rings is 2. The van der Waals surface area contributed by atoms with Gasteiger partial charge in [0.1, 0.15) is 5.75 Å². The van der Waals surface area contributed by atoms with Gasteiger partial charge in [-0.2, -0.15) is 13.2 Å². The van der Waals surface area contributed by atoms with Crippen molar-refractivity contribution in [3.63, 3.8) is 0 Å². The number of rotatable bonds is 7. The number of allylic oxidation sites excluding steroid dienone is 1. The second-order valence-electron chi connectivity index (χ2n) is 7.81. The molecule has 1 amide bonds. The molecule has 0 fully saturated rings. The molecule has 0 bridgehead atoms. The maximum atomic E-state index is 12.9. The Morgan fingerprint density at radius 2 is 1.92 bits per heavy atom. The zero-order valence-corrected chi connectivity index (χ0v) is 20.2. The molecule has 1 N–H and O–H groups in total.